The molecule has 0 saturated carbocycles. The van der Waals surface area contributed by atoms with Crippen molar-refractivity contribution in [3.8, 4) is 17.1 Å². The molecule has 2 aromatic heterocycles. The summed E-state index contributed by atoms with van der Waals surface area (Å²) in [6, 6.07) is 17.3. The number of halogens is 1. The average Bonchev–Trinajstić information content (AvgIpc) is 3.22. The Labute approximate surface area is 182 Å². The number of hydrogen-bond donors (Lipinski definition) is 1. The Hall–Kier alpha value is -3.46. The SMILES string of the molecule is COc1ccccc1CCNC(=O)CSc1ccc2nnc(-c3ccc(F)cc3)n2n1. The molecule has 1 amide bonds. The van der Waals surface area contributed by atoms with E-state index in [1.54, 1.807) is 35.9 Å². The first-order valence-electron chi connectivity index (χ1n) is 9.64. The summed E-state index contributed by atoms with van der Waals surface area (Å²) in [4.78, 5) is 12.2. The number of fused-ring (bicyclic) bond motifs is 1. The number of benzene rings is 2. The van der Waals surface area contributed by atoms with Crippen molar-refractivity contribution in [1.29, 1.82) is 0 Å². The summed E-state index contributed by atoms with van der Waals surface area (Å²) < 4.78 is 20.1. The number of amides is 1. The number of thioether (sulfide) groups is 1. The molecule has 9 heteroatoms. The standard InChI is InChI=1S/C22H20FN5O2S/c1-30-18-5-3-2-4-15(18)12-13-24-20(29)14-31-21-11-10-19-25-26-22(28(19)27-21)16-6-8-17(23)9-7-16/h2-11H,12-14H2,1H3,(H,24,29). The monoisotopic (exact) mass is 437 g/mol. The highest BCUT2D eigenvalue weighted by atomic mass is 32.2. The van der Waals surface area contributed by atoms with E-state index in [0.29, 0.717) is 35.0 Å². The molecule has 2 aromatic carbocycles. The van der Waals surface area contributed by atoms with Crippen molar-refractivity contribution in [2.45, 2.75) is 11.4 Å². The van der Waals surface area contributed by atoms with Gasteiger partial charge in [-0.05, 0) is 54.4 Å². The molecule has 31 heavy (non-hydrogen) atoms. The van der Waals surface area contributed by atoms with Gasteiger partial charge in [-0.25, -0.2) is 4.39 Å². The Morgan fingerprint density at radius 2 is 1.90 bits per heavy atom. The minimum Gasteiger partial charge on any atom is -0.496 e. The molecule has 0 atom stereocenters. The fourth-order valence-corrected chi connectivity index (χ4v) is 3.75. The number of carbonyl (C=O) groups is 1. The normalized spacial score (nSPS) is 10.9. The van der Waals surface area contributed by atoms with Crippen molar-refractivity contribution >= 4 is 23.3 Å². The summed E-state index contributed by atoms with van der Waals surface area (Å²) in [5.74, 6) is 1.16. The predicted octanol–water partition coefficient (Wildman–Crippen LogP) is 3.39. The number of nitrogens with one attached hydrogen (secondary N) is 1. The fraction of sp³-hybridized carbons (Fsp3) is 0.182. The molecule has 0 saturated heterocycles. The zero-order chi connectivity index (χ0) is 21.6. The molecular weight excluding hydrogens is 417 g/mol. The van der Waals surface area contributed by atoms with Gasteiger partial charge in [0, 0.05) is 12.1 Å². The number of aromatic nitrogens is 4. The molecule has 0 aliphatic carbocycles. The van der Waals surface area contributed by atoms with Crippen molar-refractivity contribution in [1.82, 2.24) is 25.1 Å². The molecule has 7 nitrogen and oxygen atoms in total. The molecule has 1 N–H and O–H groups in total. The van der Waals surface area contributed by atoms with E-state index < -0.39 is 0 Å². The molecule has 4 aromatic rings. The minimum atomic E-state index is -0.321. The van der Waals surface area contributed by atoms with Crippen LogP contribution >= 0.6 is 11.8 Å². The zero-order valence-electron chi connectivity index (χ0n) is 16.8. The van der Waals surface area contributed by atoms with Crippen molar-refractivity contribution in [2.24, 2.45) is 0 Å². The number of nitrogens with zero attached hydrogens (tertiary/aromatic N) is 4. The number of carbonyl (C=O) groups excluding carboxylic acids is 1. The zero-order valence-corrected chi connectivity index (χ0v) is 17.6. The summed E-state index contributed by atoms with van der Waals surface area (Å²) in [6.45, 7) is 0.520. The molecular formula is C22H20FN5O2S. The van der Waals surface area contributed by atoms with Crippen molar-refractivity contribution in [3.63, 3.8) is 0 Å². The van der Waals surface area contributed by atoms with Gasteiger partial charge in [0.05, 0.1) is 12.9 Å². The first-order valence-corrected chi connectivity index (χ1v) is 10.6. The van der Waals surface area contributed by atoms with E-state index in [4.69, 9.17) is 4.74 Å². The fourth-order valence-electron chi connectivity index (χ4n) is 3.06. The van der Waals surface area contributed by atoms with Gasteiger partial charge in [0.2, 0.25) is 5.91 Å². The third-order valence-electron chi connectivity index (χ3n) is 4.60. The lowest BCUT2D eigenvalue weighted by Crippen LogP contribution is -2.27. The van der Waals surface area contributed by atoms with Crippen LogP contribution in [0, 0.1) is 5.82 Å². The maximum absolute atomic E-state index is 13.2. The molecule has 0 bridgehead atoms. The van der Waals surface area contributed by atoms with Crippen molar-refractivity contribution in [3.05, 3.63) is 72.0 Å². The topological polar surface area (TPSA) is 81.4 Å². The lowest BCUT2D eigenvalue weighted by atomic mass is 10.1. The van der Waals surface area contributed by atoms with Crippen LogP contribution in [0.1, 0.15) is 5.56 Å². The molecule has 0 fully saturated rings. The van der Waals surface area contributed by atoms with Gasteiger partial charge in [0.25, 0.3) is 0 Å². The van der Waals surface area contributed by atoms with Gasteiger partial charge in [-0.2, -0.15) is 9.61 Å². The highest BCUT2D eigenvalue weighted by Crippen LogP contribution is 2.21. The van der Waals surface area contributed by atoms with E-state index in [1.807, 2.05) is 24.3 Å². The number of methoxy groups -OCH3 is 1. The van der Waals surface area contributed by atoms with Gasteiger partial charge in [-0.15, -0.1) is 10.2 Å². The molecule has 158 valence electrons. The van der Waals surface area contributed by atoms with Gasteiger partial charge >= 0.3 is 0 Å². The van der Waals surface area contributed by atoms with Crippen LogP contribution in [0.3, 0.4) is 0 Å². The molecule has 0 aliphatic rings. The quantitative estimate of drug-likeness (QED) is 0.426. The summed E-state index contributed by atoms with van der Waals surface area (Å²) >= 11 is 1.32. The van der Waals surface area contributed by atoms with Crippen LogP contribution in [0.5, 0.6) is 5.75 Å². The van der Waals surface area contributed by atoms with Gasteiger partial charge in [0.15, 0.2) is 11.5 Å². The smallest absolute Gasteiger partial charge is 0.230 e. The summed E-state index contributed by atoms with van der Waals surface area (Å²) in [6.07, 6.45) is 0.687. The van der Waals surface area contributed by atoms with Crippen LogP contribution in [0.15, 0.2) is 65.7 Å². The minimum absolute atomic E-state index is 0.0793. The third kappa shape index (κ3) is 5.00. The van der Waals surface area contributed by atoms with Crippen molar-refractivity contribution < 1.29 is 13.9 Å². The largest absolute Gasteiger partial charge is 0.496 e. The van der Waals surface area contributed by atoms with Crippen LogP contribution < -0.4 is 10.1 Å². The maximum atomic E-state index is 13.2. The second-order valence-electron chi connectivity index (χ2n) is 6.67. The van der Waals surface area contributed by atoms with Crippen LogP contribution in [0.4, 0.5) is 4.39 Å². The maximum Gasteiger partial charge on any atom is 0.230 e. The summed E-state index contributed by atoms with van der Waals surface area (Å²) in [7, 11) is 1.63. The van der Waals surface area contributed by atoms with Crippen LogP contribution in [0.25, 0.3) is 17.0 Å². The van der Waals surface area contributed by atoms with Crippen LogP contribution in [-0.2, 0) is 11.2 Å². The highest BCUT2D eigenvalue weighted by molar-refractivity contribution is 7.99. The molecule has 0 radical (unpaired) electrons. The predicted molar refractivity (Wildman–Crippen MR) is 117 cm³/mol. The Balaban J connectivity index is 1.36. The number of rotatable bonds is 8. The molecule has 2 heterocycles. The van der Waals surface area contributed by atoms with E-state index in [0.717, 1.165) is 11.3 Å². The van der Waals surface area contributed by atoms with Crippen molar-refractivity contribution in [2.75, 3.05) is 19.4 Å². The van der Waals surface area contributed by atoms with E-state index in [9.17, 15) is 9.18 Å². The molecule has 0 spiro atoms. The highest BCUT2D eigenvalue weighted by Gasteiger charge is 2.11. The van der Waals surface area contributed by atoms with E-state index in [2.05, 4.69) is 20.6 Å². The molecule has 0 unspecified atom stereocenters. The Morgan fingerprint density at radius 1 is 1.10 bits per heavy atom. The Bertz CT molecular complexity index is 1200. The molecule has 4 rings (SSSR count). The van der Waals surface area contributed by atoms with Gasteiger partial charge in [-0.1, -0.05) is 30.0 Å². The van der Waals surface area contributed by atoms with Gasteiger partial charge in [0.1, 0.15) is 16.6 Å². The second-order valence-corrected chi connectivity index (χ2v) is 7.67. The van der Waals surface area contributed by atoms with Gasteiger partial charge < -0.3 is 10.1 Å². The first-order chi connectivity index (χ1) is 15.1. The van der Waals surface area contributed by atoms with E-state index in [-0.39, 0.29) is 17.5 Å². The second kappa shape index (κ2) is 9.57. The van der Waals surface area contributed by atoms with E-state index in [1.165, 1.54) is 23.9 Å². The Morgan fingerprint density at radius 3 is 2.71 bits per heavy atom. The number of ether oxygens (including phenoxy) is 1. The number of para-hydroxylation sites is 1. The lowest BCUT2D eigenvalue weighted by molar-refractivity contribution is -0.118. The average molecular weight is 438 g/mol. The van der Waals surface area contributed by atoms with Crippen LogP contribution in [-0.4, -0.2) is 45.1 Å². The number of hydrogen-bond acceptors (Lipinski definition) is 6. The van der Waals surface area contributed by atoms with E-state index >= 15 is 0 Å². The van der Waals surface area contributed by atoms with Crippen LogP contribution in [0.2, 0.25) is 0 Å². The van der Waals surface area contributed by atoms with Gasteiger partial charge in [-0.3, -0.25) is 4.79 Å². The lowest BCUT2D eigenvalue weighted by Gasteiger charge is -2.09. The third-order valence-corrected chi connectivity index (χ3v) is 5.52. The molecule has 0 aliphatic heterocycles. The summed E-state index contributed by atoms with van der Waals surface area (Å²) in [5, 5.41) is 16.3. The Kier molecular flexibility index (Phi) is 6.42. The summed E-state index contributed by atoms with van der Waals surface area (Å²) in [5.41, 5.74) is 2.33. The first kappa shape index (κ1) is 20.8.